The van der Waals surface area contributed by atoms with Crippen molar-refractivity contribution in [2.75, 3.05) is 10.7 Å². The van der Waals surface area contributed by atoms with Gasteiger partial charge in [-0.25, -0.2) is 10.8 Å². The van der Waals surface area contributed by atoms with Gasteiger partial charge in [-0.15, -0.1) is 0 Å². The lowest BCUT2D eigenvalue weighted by atomic mass is 10.4. The number of hydrogen-bond acceptors (Lipinski definition) is 9. The summed E-state index contributed by atoms with van der Waals surface area (Å²) in [6, 6.07) is 0.192. The Bertz CT molecular complexity index is 585. The van der Waals surface area contributed by atoms with Gasteiger partial charge in [0.2, 0.25) is 17.8 Å². The van der Waals surface area contributed by atoms with Crippen molar-refractivity contribution in [1.82, 2.24) is 19.9 Å². The second kappa shape index (κ2) is 6.84. The first kappa shape index (κ1) is 15.0. The molecule has 0 aliphatic rings. The number of oxazole rings is 1. The molecule has 0 amide bonds. The third-order valence-corrected chi connectivity index (χ3v) is 2.43. The number of hydrogen-bond donors (Lipinski definition) is 3. The van der Waals surface area contributed by atoms with Crippen molar-refractivity contribution >= 4 is 11.9 Å². The Labute approximate surface area is 122 Å². The van der Waals surface area contributed by atoms with E-state index in [1.807, 2.05) is 20.8 Å². The Balaban J connectivity index is 2.07. The van der Waals surface area contributed by atoms with E-state index in [0.29, 0.717) is 18.4 Å². The third kappa shape index (κ3) is 4.28. The molecule has 0 bridgehead atoms. The third-order valence-electron chi connectivity index (χ3n) is 2.43. The number of nitrogens with one attached hydrogen (secondary N) is 2. The standard InChI is InChI=1S/C12H19N7O2/c1-4-8-5-14-9(21-8)6-15-10-16-11(19-13)18-12(17-10)20-7(2)3/h5,7H,4,6,13H2,1-3H3,(H2,15,16,17,18,19). The van der Waals surface area contributed by atoms with Gasteiger partial charge in [0, 0.05) is 6.42 Å². The van der Waals surface area contributed by atoms with Crippen LogP contribution in [0.15, 0.2) is 10.6 Å². The van der Waals surface area contributed by atoms with Gasteiger partial charge in [0.05, 0.1) is 18.8 Å². The van der Waals surface area contributed by atoms with Crippen LogP contribution in [-0.4, -0.2) is 26.0 Å². The van der Waals surface area contributed by atoms with Gasteiger partial charge in [0.1, 0.15) is 5.76 Å². The molecule has 0 radical (unpaired) electrons. The predicted octanol–water partition coefficient (Wildman–Crippen LogP) is 1.11. The summed E-state index contributed by atoms with van der Waals surface area (Å²) < 4.78 is 10.9. The van der Waals surface area contributed by atoms with Gasteiger partial charge in [0.15, 0.2) is 0 Å². The molecule has 2 aromatic heterocycles. The topological polar surface area (TPSA) is 124 Å². The van der Waals surface area contributed by atoms with Crippen molar-refractivity contribution in [3.8, 4) is 6.01 Å². The molecular formula is C12H19N7O2. The number of hydrazine groups is 1. The van der Waals surface area contributed by atoms with Crippen molar-refractivity contribution in [2.45, 2.75) is 39.8 Å². The Morgan fingerprint density at radius 1 is 1.29 bits per heavy atom. The molecule has 114 valence electrons. The van der Waals surface area contributed by atoms with Gasteiger partial charge >= 0.3 is 6.01 Å². The number of nitrogens with zero attached hydrogens (tertiary/aromatic N) is 4. The van der Waals surface area contributed by atoms with Crippen LogP contribution in [0.2, 0.25) is 0 Å². The number of nitrogens with two attached hydrogens (primary N) is 1. The molecule has 0 saturated heterocycles. The number of aryl methyl sites for hydroxylation is 1. The summed E-state index contributed by atoms with van der Waals surface area (Å²) in [5.41, 5.74) is 2.37. The van der Waals surface area contributed by atoms with Gasteiger partial charge in [-0.2, -0.15) is 15.0 Å². The first-order valence-electron chi connectivity index (χ1n) is 6.67. The van der Waals surface area contributed by atoms with Gasteiger partial charge < -0.3 is 14.5 Å². The summed E-state index contributed by atoms with van der Waals surface area (Å²) in [7, 11) is 0. The summed E-state index contributed by atoms with van der Waals surface area (Å²) >= 11 is 0. The molecule has 2 aromatic rings. The largest absolute Gasteiger partial charge is 0.461 e. The quantitative estimate of drug-likeness (QED) is 0.508. The summed E-state index contributed by atoms with van der Waals surface area (Å²) in [5, 5.41) is 2.99. The average molecular weight is 293 g/mol. The Hall–Kier alpha value is -2.42. The minimum Gasteiger partial charge on any atom is -0.461 e. The van der Waals surface area contributed by atoms with Crippen LogP contribution in [0.25, 0.3) is 0 Å². The smallest absolute Gasteiger partial charge is 0.323 e. The number of anilines is 2. The number of rotatable bonds is 7. The zero-order valence-corrected chi connectivity index (χ0v) is 12.3. The maximum atomic E-state index is 5.49. The fraction of sp³-hybridized carbons (Fsp3) is 0.500. The molecule has 0 unspecified atom stereocenters. The SMILES string of the molecule is CCc1cnc(CNc2nc(NN)nc(OC(C)C)n2)o1. The monoisotopic (exact) mass is 293 g/mol. The van der Waals surface area contributed by atoms with Gasteiger partial charge in [0.25, 0.3) is 0 Å². The molecule has 4 N–H and O–H groups in total. The lowest BCUT2D eigenvalue weighted by Crippen LogP contribution is -2.16. The highest BCUT2D eigenvalue weighted by molar-refractivity contribution is 5.34. The summed E-state index contributed by atoms with van der Waals surface area (Å²) in [6.07, 6.45) is 2.45. The molecule has 0 saturated carbocycles. The van der Waals surface area contributed by atoms with Gasteiger partial charge in [-0.05, 0) is 13.8 Å². The second-order valence-electron chi connectivity index (χ2n) is 4.50. The van der Waals surface area contributed by atoms with Crippen LogP contribution < -0.4 is 21.3 Å². The van der Waals surface area contributed by atoms with E-state index in [1.54, 1.807) is 6.20 Å². The number of ether oxygens (including phenoxy) is 1. The van der Waals surface area contributed by atoms with E-state index in [1.165, 1.54) is 0 Å². The minimum absolute atomic E-state index is 0.0512. The van der Waals surface area contributed by atoms with Crippen LogP contribution in [0.4, 0.5) is 11.9 Å². The van der Waals surface area contributed by atoms with Crippen LogP contribution in [0.5, 0.6) is 6.01 Å². The summed E-state index contributed by atoms with van der Waals surface area (Å²) in [6.45, 7) is 6.12. The van der Waals surface area contributed by atoms with Crippen LogP contribution in [0, 0.1) is 0 Å². The molecular weight excluding hydrogens is 274 g/mol. The van der Waals surface area contributed by atoms with E-state index in [9.17, 15) is 0 Å². The highest BCUT2D eigenvalue weighted by Crippen LogP contribution is 2.13. The van der Waals surface area contributed by atoms with Crippen LogP contribution in [0.3, 0.4) is 0 Å². The van der Waals surface area contributed by atoms with E-state index < -0.39 is 0 Å². The van der Waals surface area contributed by atoms with Crippen LogP contribution in [0.1, 0.15) is 32.4 Å². The normalized spacial score (nSPS) is 10.7. The number of aromatic nitrogens is 4. The highest BCUT2D eigenvalue weighted by atomic mass is 16.5. The maximum absolute atomic E-state index is 5.49. The average Bonchev–Trinajstić information content (AvgIpc) is 2.92. The van der Waals surface area contributed by atoms with Crippen molar-refractivity contribution in [3.63, 3.8) is 0 Å². The van der Waals surface area contributed by atoms with E-state index >= 15 is 0 Å². The van der Waals surface area contributed by atoms with Crippen LogP contribution >= 0.6 is 0 Å². The molecule has 0 atom stereocenters. The number of nitrogen functional groups attached to an aromatic ring is 1. The molecule has 0 aromatic carbocycles. The zero-order valence-electron chi connectivity index (χ0n) is 12.3. The molecule has 2 rings (SSSR count). The lowest BCUT2D eigenvalue weighted by molar-refractivity contribution is 0.222. The molecule has 9 heteroatoms. The van der Waals surface area contributed by atoms with Crippen molar-refractivity contribution in [1.29, 1.82) is 0 Å². The maximum Gasteiger partial charge on any atom is 0.323 e. The highest BCUT2D eigenvalue weighted by Gasteiger charge is 2.09. The molecule has 21 heavy (non-hydrogen) atoms. The Kier molecular flexibility index (Phi) is 4.88. The zero-order chi connectivity index (χ0) is 15.2. The van der Waals surface area contributed by atoms with Crippen molar-refractivity contribution in [3.05, 3.63) is 17.8 Å². The summed E-state index contributed by atoms with van der Waals surface area (Å²) in [5.74, 6) is 7.25. The van der Waals surface area contributed by atoms with Crippen molar-refractivity contribution in [2.24, 2.45) is 5.84 Å². The first-order valence-corrected chi connectivity index (χ1v) is 6.67. The van der Waals surface area contributed by atoms with Gasteiger partial charge in [-0.3, -0.25) is 5.43 Å². The lowest BCUT2D eigenvalue weighted by Gasteiger charge is -2.10. The van der Waals surface area contributed by atoms with E-state index in [0.717, 1.165) is 12.2 Å². The molecule has 9 nitrogen and oxygen atoms in total. The van der Waals surface area contributed by atoms with Crippen LogP contribution in [-0.2, 0) is 13.0 Å². The molecule has 0 aliphatic heterocycles. The Morgan fingerprint density at radius 3 is 2.67 bits per heavy atom. The molecule has 0 fully saturated rings. The van der Waals surface area contributed by atoms with E-state index in [4.69, 9.17) is 15.0 Å². The first-order chi connectivity index (χ1) is 10.1. The van der Waals surface area contributed by atoms with E-state index in [2.05, 4.69) is 30.7 Å². The van der Waals surface area contributed by atoms with Crippen molar-refractivity contribution < 1.29 is 9.15 Å². The predicted molar refractivity (Wildman–Crippen MR) is 76.6 cm³/mol. The molecule has 0 spiro atoms. The Morgan fingerprint density at radius 2 is 2.05 bits per heavy atom. The second-order valence-corrected chi connectivity index (χ2v) is 4.50. The molecule has 0 aliphatic carbocycles. The fourth-order valence-corrected chi connectivity index (χ4v) is 1.51. The fourth-order valence-electron chi connectivity index (χ4n) is 1.51. The summed E-state index contributed by atoms with van der Waals surface area (Å²) in [4.78, 5) is 16.4. The minimum atomic E-state index is -0.0512. The van der Waals surface area contributed by atoms with E-state index in [-0.39, 0.29) is 18.1 Å². The van der Waals surface area contributed by atoms with Gasteiger partial charge in [-0.1, -0.05) is 6.92 Å². The molecule has 2 heterocycles.